The van der Waals surface area contributed by atoms with E-state index in [9.17, 15) is 29.3 Å². The van der Waals surface area contributed by atoms with Crippen molar-refractivity contribution in [3.05, 3.63) is 97.0 Å². The van der Waals surface area contributed by atoms with Crippen LogP contribution in [0.3, 0.4) is 0 Å². The lowest BCUT2D eigenvalue weighted by Crippen LogP contribution is -2.30. The normalized spacial score (nSPS) is 19.1. The smallest absolute Gasteiger partial charge is 0.339 e. The third-order valence-corrected chi connectivity index (χ3v) is 9.74. The second kappa shape index (κ2) is 13.0. The highest BCUT2D eigenvalue weighted by Crippen LogP contribution is 2.42. The molecule has 2 amide bonds. The Morgan fingerprint density at radius 3 is 2.47 bits per heavy atom. The second-order valence-electron chi connectivity index (χ2n) is 12.0. The molecule has 4 aromatic rings. The van der Waals surface area contributed by atoms with Gasteiger partial charge in [0, 0.05) is 27.1 Å². The number of aromatic nitrogens is 1. The van der Waals surface area contributed by atoms with Crippen LogP contribution in [0.1, 0.15) is 59.4 Å². The zero-order valence-corrected chi connectivity index (χ0v) is 27.8. The molecule has 10 nitrogen and oxygen atoms in total. The molecule has 6 rings (SSSR count). The lowest BCUT2D eigenvalue weighted by Gasteiger charge is -2.25. The Kier molecular flexibility index (Phi) is 8.95. The largest absolute Gasteiger partial charge is 0.454 e. The van der Waals surface area contributed by atoms with Crippen molar-refractivity contribution in [2.75, 3.05) is 11.5 Å². The van der Waals surface area contributed by atoms with E-state index in [0.717, 1.165) is 22.5 Å². The number of aryl methyl sites for hydroxylation is 1. The van der Waals surface area contributed by atoms with Gasteiger partial charge in [0.15, 0.2) is 6.61 Å². The molecule has 2 fully saturated rings. The third-order valence-electron chi connectivity index (χ3n) is 8.97. The third kappa shape index (κ3) is 6.17. The van der Waals surface area contributed by atoms with Crippen LogP contribution in [0.4, 0.5) is 11.4 Å². The van der Waals surface area contributed by atoms with E-state index in [2.05, 4.69) is 22.9 Å². The molecule has 3 unspecified atom stereocenters. The van der Waals surface area contributed by atoms with Gasteiger partial charge in [0.2, 0.25) is 17.6 Å². The first-order valence-corrected chi connectivity index (χ1v) is 16.4. The number of amides is 2. The quantitative estimate of drug-likeness (QED) is 0.0593. The number of Topliss-reactive ketones (excluding diaryl/α,β-unsaturated/α-hetero) is 1. The van der Waals surface area contributed by atoms with Crippen molar-refractivity contribution < 1.29 is 28.8 Å². The number of esters is 1. The van der Waals surface area contributed by atoms with Gasteiger partial charge in [-0.3, -0.25) is 29.4 Å². The van der Waals surface area contributed by atoms with E-state index in [-0.39, 0.29) is 39.8 Å². The minimum Gasteiger partial charge on any atom is -0.454 e. The molecule has 1 saturated heterocycles. The number of benzene rings is 3. The Hall–Kier alpha value is -4.48. The highest BCUT2D eigenvalue weighted by atomic mass is 79.9. The van der Waals surface area contributed by atoms with Gasteiger partial charge in [0.25, 0.3) is 5.69 Å². The Balaban J connectivity index is 1.31. The molecule has 1 saturated carbocycles. The van der Waals surface area contributed by atoms with Crippen LogP contribution >= 0.6 is 27.5 Å². The Morgan fingerprint density at radius 1 is 1.04 bits per heavy atom. The molecule has 47 heavy (non-hydrogen) atoms. The van der Waals surface area contributed by atoms with Crippen LogP contribution in [0.15, 0.2) is 65.1 Å². The lowest BCUT2D eigenvalue weighted by atomic mass is 9.76. The van der Waals surface area contributed by atoms with E-state index < -0.39 is 29.0 Å². The maximum atomic E-state index is 13.5. The number of nitrogens with zero attached hydrogens (tertiary/aromatic N) is 3. The van der Waals surface area contributed by atoms with Crippen molar-refractivity contribution in [1.29, 1.82) is 0 Å². The fourth-order valence-electron chi connectivity index (χ4n) is 6.49. The number of fused-ring (bicyclic) bond motifs is 2. The zero-order chi connectivity index (χ0) is 33.6. The topological polar surface area (TPSA) is 137 Å². The Morgan fingerprint density at radius 2 is 1.77 bits per heavy atom. The fourth-order valence-corrected chi connectivity index (χ4v) is 7.18. The van der Waals surface area contributed by atoms with Gasteiger partial charge in [0.05, 0.1) is 39.2 Å². The number of nitro groups is 1. The number of pyridine rings is 1. The van der Waals surface area contributed by atoms with E-state index in [1.807, 2.05) is 13.0 Å². The predicted molar refractivity (Wildman–Crippen MR) is 179 cm³/mol. The van der Waals surface area contributed by atoms with E-state index in [1.54, 1.807) is 36.4 Å². The average molecular weight is 719 g/mol. The highest BCUT2D eigenvalue weighted by Gasteiger charge is 2.50. The first kappa shape index (κ1) is 32.5. The van der Waals surface area contributed by atoms with E-state index in [0.29, 0.717) is 53.0 Å². The van der Waals surface area contributed by atoms with Crippen LogP contribution in [0.5, 0.6) is 0 Å². The molecule has 0 radical (unpaired) electrons. The summed E-state index contributed by atoms with van der Waals surface area (Å²) in [7, 11) is 0. The van der Waals surface area contributed by atoms with Crippen LogP contribution in [0.2, 0.25) is 5.02 Å². The number of carbonyl (C=O) groups excluding carboxylic acids is 4. The molecule has 2 aliphatic rings. The van der Waals surface area contributed by atoms with Gasteiger partial charge in [-0.15, -0.1) is 0 Å². The number of halogens is 2. The van der Waals surface area contributed by atoms with Gasteiger partial charge >= 0.3 is 5.97 Å². The number of hydrogen-bond acceptors (Lipinski definition) is 8. The monoisotopic (exact) mass is 717 g/mol. The van der Waals surface area contributed by atoms with Gasteiger partial charge < -0.3 is 4.74 Å². The molecule has 1 aromatic heterocycles. The van der Waals surface area contributed by atoms with Gasteiger partial charge in [-0.25, -0.2) is 9.78 Å². The van der Waals surface area contributed by atoms with Crippen LogP contribution in [0, 0.1) is 27.9 Å². The van der Waals surface area contributed by atoms with Gasteiger partial charge in [-0.05, 0) is 79.6 Å². The summed E-state index contributed by atoms with van der Waals surface area (Å²) >= 11 is 9.37. The average Bonchev–Trinajstić information content (AvgIpc) is 3.30. The number of hydrogen-bond donors (Lipinski definition) is 0. The standard InChI is InChI=1S/C35H29BrClN3O7/c1-3-19-13-22(36)15-25-27(35(44)47-17-31(41)21-7-11-28(37)30(14-21)40(45)46)16-29(38-32(19)25)20-5-8-23(9-6-20)39-33(42)24-10-4-18(2)12-26(24)34(39)43/h5-9,11,13-16,18,24,26H,3-4,10,12,17H2,1-2H3. The van der Waals surface area contributed by atoms with Crippen LogP contribution in [-0.4, -0.2) is 40.1 Å². The Labute approximate surface area is 283 Å². The number of imide groups is 1. The first-order chi connectivity index (χ1) is 22.5. The SMILES string of the molecule is CCc1cc(Br)cc2c(C(=O)OCC(=O)c3ccc(Cl)c([N+](=O)[O-])c3)cc(-c3ccc(N4C(=O)C5CCC(C)CC5C4=O)cc3)nc12. The van der Waals surface area contributed by atoms with Gasteiger partial charge in [0.1, 0.15) is 5.02 Å². The molecule has 1 aliphatic carbocycles. The summed E-state index contributed by atoms with van der Waals surface area (Å²) in [6, 6.07) is 15.8. The second-order valence-corrected chi connectivity index (χ2v) is 13.3. The van der Waals surface area contributed by atoms with Crippen molar-refractivity contribution in [3.8, 4) is 11.3 Å². The van der Waals surface area contributed by atoms with E-state index in [4.69, 9.17) is 21.3 Å². The summed E-state index contributed by atoms with van der Waals surface area (Å²) in [5.41, 5.74) is 2.76. The summed E-state index contributed by atoms with van der Waals surface area (Å²) < 4.78 is 6.17. The van der Waals surface area contributed by atoms with E-state index >= 15 is 0 Å². The molecule has 0 spiro atoms. The van der Waals surface area contributed by atoms with Crippen molar-refractivity contribution in [2.45, 2.75) is 39.5 Å². The molecule has 1 aliphatic heterocycles. The molecule has 0 N–H and O–H groups in total. The van der Waals surface area contributed by atoms with Gasteiger partial charge in [-0.2, -0.15) is 0 Å². The maximum Gasteiger partial charge on any atom is 0.339 e. The summed E-state index contributed by atoms with van der Waals surface area (Å²) in [5.74, 6) is -1.89. The molecule has 3 atom stereocenters. The van der Waals surface area contributed by atoms with Crippen molar-refractivity contribution in [3.63, 3.8) is 0 Å². The first-order valence-electron chi connectivity index (χ1n) is 15.2. The fraction of sp³-hybridized carbons (Fsp3) is 0.286. The van der Waals surface area contributed by atoms with Crippen molar-refractivity contribution in [2.24, 2.45) is 17.8 Å². The minimum atomic E-state index is -0.780. The van der Waals surface area contributed by atoms with E-state index in [1.165, 1.54) is 17.0 Å². The molecular formula is C35H29BrClN3O7. The van der Waals surface area contributed by atoms with Crippen molar-refractivity contribution >= 4 is 73.4 Å². The number of ether oxygens (including phenoxy) is 1. The Bertz CT molecular complexity index is 1980. The van der Waals surface area contributed by atoms with Crippen LogP contribution < -0.4 is 4.90 Å². The maximum absolute atomic E-state index is 13.5. The highest BCUT2D eigenvalue weighted by molar-refractivity contribution is 9.10. The lowest BCUT2D eigenvalue weighted by molar-refractivity contribution is -0.384. The summed E-state index contributed by atoms with van der Waals surface area (Å²) in [5, 5.41) is 11.7. The van der Waals surface area contributed by atoms with Crippen molar-refractivity contribution in [1.82, 2.24) is 4.98 Å². The number of anilines is 1. The minimum absolute atomic E-state index is 0.0194. The number of carbonyl (C=O) groups is 4. The predicted octanol–water partition coefficient (Wildman–Crippen LogP) is 7.75. The molecule has 0 bridgehead atoms. The number of nitro benzene ring substituents is 1. The number of rotatable bonds is 8. The summed E-state index contributed by atoms with van der Waals surface area (Å²) in [4.78, 5) is 69.6. The van der Waals surface area contributed by atoms with Crippen LogP contribution in [0.25, 0.3) is 22.2 Å². The number of ketones is 1. The molecular weight excluding hydrogens is 690 g/mol. The molecule has 12 heteroatoms. The van der Waals surface area contributed by atoms with Crippen LogP contribution in [-0.2, 0) is 20.7 Å². The summed E-state index contributed by atoms with van der Waals surface area (Å²) in [6.07, 6.45) is 2.98. The molecule has 3 aromatic carbocycles. The molecule has 2 heterocycles. The zero-order valence-electron chi connectivity index (χ0n) is 25.5. The molecule has 240 valence electrons. The summed E-state index contributed by atoms with van der Waals surface area (Å²) in [6.45, 7) is 3.42. The van der Waals surface area contributed by atoms with Gasteiger partial charge in [-0.1, -0.05) is 53.5 Å².